The van der Waals surface area contributed by atoms with Gasteiger partial charge in [-0.15, -0.1) is 0 Å². The molecule has 0 aromatic heterocycles. The fraction of sp³-hybridized carbons (Fsp3) is 0. The summed E-state index contributed by atoms with van der Waals surface area (Å²) in [6.45, 7) is 0. The minimum atomic E-state index is 0.722. The number of hydrogen-bond acceptors (Lipinski definition) is 2. The Morgan fingerprint density at radius 3 is 1.06 bits per heavy atom. The molecule has 0 aliphatic carbocycles. The molecular weight excluding hydrogens is 424 g/mol. The lowest BCUT2D eigenvalue weighted by atomic mass is 10.1. The lowest BCUT2D eigenvalue weighted by molar-refractivity contribution is 1.25. The Kier molecular flexibility index (Phi) is 6.10. The predicted molar refractivity (Wildman–Crippen MR) is 141 cm³/mol. The average molecular weight is 447 g/mol. The summed E-state index contributed by atoms with van der Waals surface area (Å²) in [6, 6.07) is 47.8. The highest BCUT2D eigenvalue weighted by molar-refractivity contribution is 6.30. The van der Waals surface area contributed by atoms with Gasteiger partial charge in [0.25, 0.3) is 0 Å². The third-order valence-electron chi connectivity index (χ3n) is 5.47. The summed E-state index contributed by atoms with van der Waals surface area (Å²) in [5.41, 5.74) is 6.51. The highest BCUT2D eigenvalue weighted by Crippen LogP contribution is 2.40. The first-order valence-electron chi connectivity index (χ1n) is 10.9. The highest BCUT2D eigenvalue weighted by Gasteiger charge is 2.16. The van der Waals surface area contributed by atoms with Crippen LogP contribution in [0.5, 0.6) is 0 Å². The fourth-order valence-corrected chi connectivity index (χ4v) is 4.11. The zero-order chi connectivity index (χ0) is 22.5. The fourth-order valence-electron chi connectivity index (χ4n) is 3.99. The van der Waals surface area contributed by atoms with Gasteiger partial charge in [-0.05, 0) is 78.9 Å². The lowest BCUT2D eigenvalue weighted by Crippen LogP contribution is -2.13. The van der Waals surface area contributed by atoms with Crippen molar-refractivity contribution in [2.75, 3.05) is 9.80 Å². The van der Waals surface area contributed by atoms with Crippen molar-refractivity contribution in [2.45, 2.75) is 0 Å². The minimum Gasteiger partial charge on any atom is -0.310 e. The third kappa shape index (κ3) is 4.62. The molecule has 0 unspecified atom stereocenters. The van der Waals surface area contributed by atoms with E-state index in [1.807, 2.05) is 42.5 Å². The number of benzene rings is 5. The monoisotopic (exact) mass is 446 g/mol. The molecule has 5 rings (SSSR count). The van der Waals surface area contributed by atoms with Gasteiger partial charge in [0.15, 0.2) is 0 Å². The quantitative estimate of drug-likeness (QED) is 0.256. The summed E-state index contributed by atoms with van der Waals surface area (Å²) in [4.78, 5) is 4.52. The van der Waals surface area contributed by atoms with Crippen molar-refractivity contribution in [2.24, 2.45) is 0 Å². The maximum atomic E-state index is 6.19. The van der Waals surface area contributed by atoms with Crippen molar-refractivity contribution < 1.29 is 0 Å². The van der Waals surface area contributed by atoms with E-state index in [-0.39, 0.29) is 0 Å². The highest BCUT2D eigenvalue weighted by atomic mass is 35.5. The van der Waals surface area contributed by atoms with Crippen molar-refractivity contribution >= 4 is 45.7 Å². The third-order valence-corrected chi connectivity index (χ3v) is 5.73. The molecule has 160 valence electrons. The molecule has 0 saturated heterocycles. The Hall–Kier alpha value is -4.01. The molecule has 2 nitrogen and oxygen atoms in total. The smallest absolute Gasteiger partial charge is 0.0482 e. The van der Waals surface area contributed by atoms with E-state index in [1.165, 1.54) is 0 Å². The van der Waals surface area contributed by atoms with Crippen LogP contribution in [-0.2, 0) is 0 Å². The molecule has 0 aliphatic heterocycles. The zero-order valence-electron chi connectivity index (χ0n) is 18.1. The number of para-hydroxylation sites is 3. The Morgan fingerprint density at radius 1 is 0.333 bits per heavy atom. The number of rotatable bonds is 6. The SMILES string of the molecule is Clc1ccc(N(c2ccccc2)c2cccc(N(c3ccccc3)c3ccccc3)c2)cc1. The van der Waals surface area contributed by atoms with Crippen LogP contribution >= 0.6 is 11.6 Å². The van der Waals surface area contributed by atoms with Gasteiger partial charge < -0.3 is 9.80 Å². The van der Waals surface area contributed by atoms with Gasteiger partial charge in [0, 0.05) is 39.1 Å². The van der Waals surface area contributed by atoms with Gasteiger partial charge >= 0.3 is 0 Å². The van der Waals surface area contributed by atoms with Crippen molar-refractivity contribution in [1.29, 1.82) is 0 Å². The number of nitrogens with zero attached hydrogens (tertiary/aromatic N) is 2. The Bertz CT molecular complexity index is 1260. The van der Waals surface area contributed by atoms with Crippen LogP contribution in [0.4, 0.5) is 34.1 Å². The molecule has 0 heterocycles. The van der Waals surface area contributed by atoms with E-state index in [0.29, 0.717) is 0 Å². The van der Waals surface area contributed by atoms with Gasteiger partial charge in [0.1, 0.15) is 0 Å². The summed E-state index contributed by atoms with van der Waals surface area (Å²) in [5, 5.41) is 0.722. The standard InChI is InChI=1S/C30H23ClN2/c31-24-19-21-28(22-20-24)33(27-15-8-3-9-16-27)30-18-10-17-29(23-30)32(25-11-4-1-5-12-25)26-13-6-2-7-14-26/h1-23H. The number of anilines is 6. The molecule has 5 aromatic carbocycles. The zero-order valence-corrected chi connectivity index (χ0v) is 18.8. The van der Waals surface area contributed by atoms with E-state index >= 15 is 0 Å². The molecule has 3 heteroatoms. The molecular formula is C30H23ClN2. The van der Waals surface area contributed by atoms with Crippen LogP contribution in [0, 0.1) is 0 Å². The van der Waals surface area contributed by atoms with Crippen LogP contribution in [0.15, 0.2) is 140 Å². The van der Waals surface area contributed by atoms with Crippen LogP contribution in [0.2, 0.25) is 5.02 Å². The minimum absolute atomic E-state index is 0.722. The first-order chi connectivity index (χ1) is 16.3. The van der Waals surface area contributed by atoms with Crippen molar-refractivity contribution in [3.63, 3.8) is 0 Å². The van der Waals surface area contributed by atoms with Gasteiger partial charge in [-0.1, -0.05) is 72.3 Å². The first kappa shape index (κ1) is 20.9. The molecule has 5 aromatic rings. The first-order valence-corrected chi connectivity index (χ1v) is 11.3. The van der Waals surface area contributed by atoms with E-state index in [4.69, 9.17) is 11.6 Å². The maximum absolute atomic E-state index is 6.19. The second kappa shape index (κ2) is 9.64. The van der Waals surface area contributed by atoms with E-state index in [1.54, 1.807) is 0 Å². The molecule has 33 heavy (non-hydrogen) atoms. The Morgan fingerprint density at radius 2 is 0.667 bits per heavy atom. The second-order valence-electron chi connectivity index (χ2n) is 7.67. The van der Waals surface area contributed by atoms with Gasteiger partial charge in [0.2, 0.25) is 0 Å². The molecule has 0 bridgehead atoms. The summed E-state index contributed by atoms with van der Waals surface area (Å²) < 4.78 is 0. The van der Waals surface area contributed by atoms with Gasteiger partial charge in [-0.3, -0.25) is 0 Å². The normalized spacial score (nSPS) is 10.6. The molecule has 0 N–H and O–H groups in total. The molecule has 0 fully saturated rings. The molecule has 0 saturated carbocycles. The summed E-state index contributed by atoms with van der Waals surface area (Å²) in [6.07, 6.45) is 0. The molecule has 0 radical (unpaired) electrons. The molecule has 0 atom stereocenters. The molecule has 0 aliphatic rings. The van der Waals surface area contributed by atoms with E-state index in [0.717, 1.165) is 39.1 Å². The van der Waals surface area contributed by atoms with Crippen molar-refractivity contribution in [3.8, 4) is 0 Å². The number of hydrogen-bond donors (Lipinski definition) is 0. The van der Waals surface area contributed by atoms with Crippen molar-refractivity contribution in [3.05, 3.63) is 145 Å². The second-order valence-corrected chi connectivity index (χ2v) is 8.11. The summed E-state index contributed by atoms with van der Waals surface area (Å²) in [5.74, 6) is 0. The Labute approximate surface area is 199 Å². The maximum Gasteiger partial charge on any atom is 0.0482 e. The topological polar surface area (TPSA) is 6.48 Å². The molecule has 0 spiro atoms. The summed E-state index contributed by atoms with van der Waals surface area (Å²) in [7, 11) is 0. The molecule has 0 amide bonds. The van der Waals surface area contributed by atoms with Crippen LogP contribution in [-0.4, -0.2) is 0 Å². The Balaban J connectivity index is 1.65. The van der Waals surface area contributed by atoms with E-state index in [2.05, 4.69) is 107 Å². The average Bonchev–Trinajstić information content (AvgIpc) is 2.88. The van der Waals surface area contributed by atoms with Crippen LogP contribution in [0.1, 0.15) is 0 Å². The van der Waals surface area contributed by atoms with E-state index < -0.39 is 0 Å². The van der Waals surface area contributed by atoms with Crippen LogP contribution in [0.25, 0.3) is 0 Å². The lowest BCUT2D eigenvalue weighted by Gasteiger charge is -2.29. The van der Waals surface area contributed by atoms with Crippen LogP contribution < -0.4 is 9.80 Å². The van der Waals surface area contributed by atoms with Gasteiger partial charge in [-0.2, -0.15) is 0 Å². The largest absolute Gasteiger partial charge is 0.310 e. The van der Waals surface area contributed by atoms with Gasteiger partial charge in [-0.25, -0.2) is 0 Å². The predicted octanol–water partition coefficient (Wildman–Crippen LogP) is 9.28. The van der Waals surface area contributed by atoms with Crippen LogP contribution in [0.3, 0.4) is 0 Å². The van der Waals surface area contributed by atoms with E-state index in [9.17, 15) is 0 Å². The summed E-state index contributed by atoms with van der Waals surface area (Å²) >= 11 is 6.19. The number of halogens is 1. The van der Waals surface area contributed by atoms with Gasteiger partial charge in [0.05, 0.1) is 0 Å². The van der Waals surface area contributed by atoms with Crippen molar-refractivity contribution in [1.82, 2.24) is 0 Å².